The van der Waals surface area contributed by atoms with E-state index in [1.165, 1.54) is 37.1 Å². The smallest absolute Gasteiger partial charge is 0.220 e. The van der Waals surface area contributed by atoms with Crippen LogP contribution < -0.4 is 10.6 Å². The van der Waals surface area contributed by atoms with Crippen molar-refractivity contribution >= 4 is 5.91 Å². The molecule has 21 heavy (non-hydrogen) atoms. The van der Waals surface area contributed by atoms with Crippen molar-refractivity contribution in [3.63, 3.8) is 0 Å². The van der Waals surface area contributed by atoms with Crippen molar-refractivity contribution in [1.29, 1.82) is 0 Å². The van der Waals surface area contributed by atoms with Gasteiger partial charge in [0.25, 0.3) is 0 Å². The van der Waals surface area contributed by atoms with Crippen molar-refractivity contribution in [2.75, 3.05) is 26.7 Å². The molecule has 0 atom stereocenters. The summed E-state index contributed by atoms with van der Waals surface area (Å²) in [7, 11) is 1.91. The first-order valence-corrected chi connectivity index (χ1v) is 8.00. The quantitative estimate of drug-likeness (QED) is 0.718. The lowest BCUT2D eigenvalue weighted by molar-refractivity contribution is -0.121. The largest absolute Gasteiger partial charge is 0.352 e. The number of rotatable bonds is 8. The molecule has 1 saturated heterocycles. The Balaban J connectivity index is 1.83. The fraction of sp³-hybridized carbons (Fsp3) is 0.588. The van der Waals surface area contributed by atoms with Gasteiger partial charge in [-0.3, -0.25) is 9.69 Å². The Hall–Kier alpha value is -1.39. The van der Waals surface area contributed by atoms with Crippen LogP contribution in [-0.2, 0) is 17.9 Å². The summed E-state index contributed by atoms with van der Waals surface area (Å²) in [6, 6.07) is 8.44. The third-order valence-corrected chi connectivity index (χ3v) is 4.02. The highest BCUT2D eigenvalue weighted by atomic mass is 16.1. The van der Waals surface area contributed by atoms with Crippen LogP contribution in [0.15, 0.2) is 24.3 Å². The van der Waals surface area contributed by atoms with Gasteiger partial charge in [0.05, 0.1) is 0 Å². The molecule has 2 N–H and O–H groups in total. The van der Waals surface area contributed by atoms with Gasteiger partial charge in [-0.1, -0.05) is 24.3 Å². The highest BCUT2D eigenvalue weighted by Gasteiger charge is 2.13. The van der Waals surface area contributed by atoms with Gasteiger partial charge in [-0.05, 0) is 57.1 Å². The van der Waals surface area contributed by atoms with E-state index < -0.39 is 0 Å². The van der Waals surface area contributed by atoms with E-state index in [1.54, 1.807) is 0 Å². The Kier molecular flexibility index (Phi) is 6.70. The maximum absolute atomic E-state index is 11.8. The molecular weight excluding hydrogens is 262 g/mol. The molecule has 1 heterocycles. The molecule has 116 valence electrons. The third-order valence-electron chi connectivity index (χ3n) is 4.02. The van der Waals surface area contributed by atoms with E-state index in [-0.39, 0.29) is 5.91 Å². The summed E-state index contributed by atoms with van der Waals surface area (Å²) in [5, 5.41) is 6.10. The average molecular weight is 289 g/mol. The highest BCUT2D eigenvalue weighted by Crippen LogP contribution is 2.16. The first-order chi connectivity index (χ1) is 10.3. The Morgan fingerprint density at radius 3 is 2.62 bits per heavy atom. The Morgan fingerprint density at radius 2 is 1.90 bits per heavy atom. The normalized spacial score (nSPS) is 15.3. The molecule has 2 rings (SSSR count). The lowest BCUT2D eigenvalue weighted by atomic mass is 10.1. The number of nitrogens with zero attached hydrogens (tertiary/aromatic N) is 1. The van der Waals surface area contributed by atoms with E-state index in [0.29, 0.717) is 13.0 Å². The zero-order chi connectivity index (χ0) is 14.9. The molecule has 0 aliphatic carbocycles. The Bertz CT molecular complexity index is 441. The molecule has 1 aliphatic rings. The maximum atomic E-state index is 11.8. The van der Waals surface area contributed by atoms with Crippen molar-refractivity contribution < 1.29 is 4.79 Å². The molecule has 1 aromatic carbocycles. The number of likely N-dealkylation sites (tertiary alicyclic amines) is 1. The van der Waals surface area contributed by atoms with Gasteiger partial charge in [0, 0.05) is 19.5 Å². The zero-order valence-electron chi connectivity index (χ0n) is 13.0. The molecule has 0 saturated carbocycles. The van der Waals surface area contributed by atoms with Crippen LogP contribution in [-0.4, -0.2) is 37.5 Å². The topological polar surface area (TPSA) is 44.4 Å². The summed E-state index contributed by atoms with van der Waals surface area (Å²) >= 11 is 0. The zero-order valence-corrected chi connectivity index (χ0v) is 13.0. The molecule has 0 aromatic heterocycles. The molecule has 1 amide bonds. The van der Waals surface area contributed by atoms with Gasteiger partial charge in [0.15, 0.2) is 0 Å². The second-order valence-electron chi connectivity index (χ2n) is 5.74. The van der Waals surface area contributed by atoms with Crippen LogP contribution in [0.25, 0.3) is 0 Å². The molecule has 1 aromatic rings. The lowest BCUT2D eigenvalue weighted by Crippen LogP contribution is -2.25. The molecule has 0 radical (unpaired) electrons. The summed E-state index contributed by atoms with van der Waals surface area (Å²) in [5.74, 6) is 0.140. The molecule has 0 unspecified atom stereocenters. The fourth-order valence-corrected chi connectivity index (χ4v) is 2.77. The van der Waals surface area contributed by atoms with Crippen molar-refractivity contribution in [2.45, 2.75) is 38.8 Å². The number of hydrogen-bond donors (Lipinski definition) is 2. The first kappa shape index (κ1) is 16.0. The number of hydrogen-bond acceptors (Lipinski definition) is 3. The van der Waals surface area contributed by atoms with Gasteiger partial charge in [0.1, 0.15) is 0 Å². The summed E-state index contributed by atoms with van der Waals surface area (Å²) in [6.07, 6.45) is 4.10. The summed E-state index contributed by atoms with van der Waals surface area (Å²) in [4.78, 5) is 14.3. The van der Waals surface area contributed by atoms with E-state index >= 15 is 0 Å². The highest BCUT2D eigenvalue weighted by molar-refractivity contribution is 5.75. The van der Waals surface area contributed by atoms with Crippen LogP contribution in [0.1, 0.15) is 36.8 Å². The lowest BCUT2D eigenvalue weighted by Gasteiger charge is -2.17. The van der Waals surface area contributed by atoms with Crippen LogP contribution in [0.2, 0.25) is 0 Å². The predicted molar refractivity (Wildman–Crippen MR) is 86.0 cm³/mol. The predicted octanol–water partition coefficient (Wildman–Crippen LogP) is 1.90. The number of nitrogens with one attached hydrogen (secondary N) is 2. The summed E-state index contributed by atoms with van der Waals surface area (Å²) < 4.78 is 0. The van der Waals surface area contributed by atoms with Gasteiger partial charge < -0.3 is 10.6 Å². The van der Waals surface area contributed by atoms with Crippen molar-refractivity contribution in [3.05, 3.63) is 35.4 Å². The van der Waals surface area contributed by atoms with E-state index in [0.717, 1.165) is 19.5 Å². The molecular formula is C17H27N3O. The number of carbonyl (C=O) groups excluding carboxylic acids is 1. The van der Waals surface area contributed by atoms with Crippen LogP contribution in [0.3, 0.4) is 0 Å². The minimum Gasteiger partial charge on any atom is -0.352 e. The van der Waals surface area contributed by atoms with Crippen LogP contribution in [0.5, 0.6) is 0 Å². The summed E-state index contributed by atoms with van der Waals surface area (Å²) in [5.41, 5.74) is 2.58. The monoisotopic (exact) mass is 289 g/mol. The van der Waals surface area contributed by atoms with Crippen molar-refractivity contribution in [2.24, 2.45) is 0 Å². The van der Waals surface area contributed by atoms with Crippen LogP contribution in [0.4, 0.5) is 0 Å². The molecule has 1 fully saturated rings. The van der Waals surface area contributed by atoms with Gasteiger partial charge in [-0.15, -0.1) is 0 Å². The van der Waals surface area contributed by atoms with Crippen LogP contribution in [0, 0.1) is 0 Å². The van der Waals surface area contributed by atoms with Gasteiger partial charge in [-0.2, -0.15) is 0 Å². The van der Waals surface area contributed by atoms with Crippen LogP contribution >= 0.6 is 0 Å². The average Bonchev–Trinajstić information content (AvgIpc) is 3.00. The van der Waals surface area contributed by atoms with Gasteiger partial charge in [-0.25, -0.2) is 0 Å². The third kappa shape index (κ3) is 5.48. The molecule has 1 aliphatic heterocycles. The molecule has 0 bridgehead atoms. The SMILES string of the molecule is CNCCCC(=O)NCc1ccccc1CN1CCCC1. The minimum absolute atomic E-state index is 0.140. The number of benzene rings is 1. The van der Waals surface area contributed by atoms with Crippen molar-refractivity contribution in [3.8, 4) is 0 Å². The molecule has 4 nitrogen and oxygen atoms in total. The van der Waals surface area contributed by atoms with Gasteiger partial charge >= 0.3 is 0 Å². The second kappa shape index (κ2) is 8.80. The first-order valence-electron chi connectivity index (χ1n) is 8.00. The standard InChI is InChI=1S/C17H27N3O/c1-18-10-6-9-17(21)19-13-15-7-2-3-8-16(15)14-20-11-4-5-12-20/h2-3,7-8,18H,4-6,9-14H2,1H3,(H,19,21). The Labute approximate surface area is 127 Å². The fourth-order valence-electron chi connectivity index (χ4n) is 2.77. The summed E-state index contributed by atoms with van der Waals surface area (Å²) in [6.45, 7) is 4.93. The second-order valence-corrected chi connectivity index (χ2v) is 5.74. The van der Waals surface area contributed by atoms with Crippen molar-refractivity contribution in [1.82, 2.24) is 15.5 Å². The molecule has 0 spiro atoms. The van der Waals surface area contributed by atoms with E-state index in [4.69, 9.17) is 0 Å². The van der Waals surface area contributed by atoms with E-state index in [2.05, 4.69) is 39.8 Å². The Morgan fingerprint density at radius 1 is 1.19 bits per heavy atom. The van der Waals surface area contributed by atoms with E-state index in [1.807, 2.05) is 7.05 Å². The van der Waals surface area contributed by atoms with E-state index in [9.17, 15) is 4.79 Å². The minimum atomic E-state index is 0.140. The maximum Gasteiger partial charge on any atom is 0.220 e. The molecule has 4 heteroatoms. The number of carbonyl (C=O) groups is 1. The van der Waals surface area contributed by atoms with Gasteiger partial charge in [0.2, 0.25) is 5.91 Å². The number of amides is 1.